The van der Waals surface area contributed by atoms with Crippen LogP contribution in [0.5, 0.6) is 0 Å². The number of hydrogen-bond acceptors (Lipinski definition) is 7. The highest BCUT2D eigenvalue weighted by molar-refractivity contribution is 5.87. The van der Waals surface area contributed by atoms with E-state index in [-0.39, 0.29) is 0 Å². The van der Waals surface area contributed by atoms with Crippen LogP contribution in [0.1, 0.15) is 16.8 Å². The smallest absolute Gasteiger partial charge is 0.227 e. The molecular formula is C26H27N7. The van der Waals surface area contributed by atoms with Crippen LogP contribution in [0.15, 0.2) is 67.6 Å². The number of likely N-dealkylation sites (N-methyl/N-ethyl adjacent to an activating group) is 1. The van der Waals surface area contributed by atoms with Gasteiger partial charge in [-0.15, -0.1) is 0 Å². The predicted molar refractivity (Wildman–Crippen MR) is 134 cm³/mol. The molecule has 3 aromatic heterocycles. The van der Waals surface area contributed by atoms with Crippen LogP contribution in [0.2, 0.25) is 0 Å². The van der Waals surface area contributed by atoms with E-state index in [1.807, 2.05) is 43.6 Å². The number of rotatable bonds is 5. The van der Waals surface area contributed by atoms with Gasteiger partial charge in [0.05, 0.1) is 11.2 Å². The molecule has 7 heteroatoms. The zero-order chi connectivity index (χ0) is 22.8. The van der Waals surface area contributed by atoms with Gasteiger partial charge in [-0.2, -0.15) is 0 Å². The van der Waals surface area contributed by atoms with Gasteiger partial charge in [0, 0.05) is 67.5 Å². The number of aryl methyl sites for hydroxylation is 1. The summed E-state index contributed by atoms with van der Waals surface area (Å²) in [6, 6.07) is 14.2. The van der Waals surface area contributed by atoms with Crippen LogP contribution in [0, 0.1) is 6.92 Å². The van der Waals surface area contributed by atoms with E-state index >= 15 is 0 Å². The van der Waals surface area contributed by atoms with Gasteiger partial charge in [-0.3, -0.25) is 4.98 Å². The second-order valence-electron chi connectivity index (χ2n) is 8.40. The quantitative estimate of drug-likeness (QED) is 0.500. The van der Waals surface area contributed by atoms with Crippen molar-refractivity contribution in [1.82, 2.24) is 24.8 Å². The highest BCUT2D eigenvalue weighted by Gasteiger charge is 2.16. The lowest BCUT2D eigenvalue weighted by molar-refractivity contribution is 0.312. The first-order chi connectivity index (χ1) is 16.1. The van der Waals surface area contributed by atoms with Crippen molar-refractivity contribution in [3.05, 3.63) is 84.5 Å². The number of fused-ring (bicyclic) bond motifs is 1. The summed E-state index contributed by atoms with van der Waals surface area (Å²) in [7, 11) is 2.15. The average molecular weight is 438 g/mol. The number of benzene rings is 1. The maximum absolute atomic E-state index is 4.69. The molecule has 1 N–H and O–H groups in total. The van der Waals surface area contributed by atoms with Gasteiger partial charge in [-0.1, -0.05) is 18.7 Å². The summed E-state index contributed by atoms with van der Waals surface area (Å²) in [6.45, 7) is 10.3. The lowest BCUT2D eigenvalue weighted by atomic mass is 9.98. The van der Waals surface area contributed by atoms with Crippen molar-refractivity contribution in [2.45, 2.75) is 6.92 Å². The molecule has 5 rings (SSSR count). The third kappa shape index (κ3) is 4.54. The second-order valence-corrected chi connectivity index (χ2v) is 8.40. The van der Waals surface area contributed by atoms with Gasteiger partial charge in [-0.05, 0) is 49.4 Å². The molecule has 0 atom stereocenters. The van der Waals surface area contributed by atoms with Crippen LogP contribution in [0.25, 0.3) is 16.5 Å². The molecular weight excluding hydrogens is 410 g/mol. The molecule has 166 valence electrons. The summed E-state index contributed by atoms with van der Waals surface area (Å²) in [5.74, 6) is 1.53. The van der Waals surface area contributed by atoms with Crippen LogP contribution in [0.3, 0.4) is 0 Å². The summed E-state index contributed by atoms with van der Waals surface area (Å²) >= 11 is 0. The lowest BCUT2D eigenvalue weighted by Gasteiger charge is -2.33. The number of anilines is 3. The molecule has 1 fully saturated rings. The third-order valence-electron chi connectivity index (χ3n) is 6.08. The van der Waals surface area contributed by atoms with E-state index in [2.05, 4.69) is 61.9 Å². The SMILES string of the molecule is C=C(c1ccc2ncccc2c1)c1cnc(Nc2ccnc(N3CCN(C)CC3)c2)nc1C. The molecule has 0 saturated carbocycles. The van der Waals surface area contributed by atoms with E-state index in [0.29, 0.717) is 5.95 Å². The van der Waals surface area contributed by atoms with E-state index in [4.69, 9.17) is 4.98 Å². The predicted octanol–water partition coefficient (Wildman–Crippen LogP) is 4.29. The molecule has 1 aliphatic heterocycles. The van der Waals surface area contributed by atoms with Gasteiger partial charge in [0.25, 0.3) is 0 Å². The summed E-state index contributed by atoms with van der Waals surface area (Å²) in [4.78, 5) is 22.8. The first-order valence-electron chi connectivity index (χ1n) is 11.1. The van der Waals surface area contributed by atoms with E-state index in [0.717, 1.165) is 71.0 Å². The largest absolute Gasteiger partial charge is 0.354 e. The average Bonchev–Trinajstić information content (AvgIpc) is 2.84. The summed E-state index contributed by atoms with van der Waals surface area (Å²) < 4.78 is 0. The minimum absolute atomic E-state index is 0.558. The van der Waals surface area contributed by atoms with Crippen molar-refractivity contribution in [3.63, 3.8) is 0 Å². The Morgan fingerprint density at radius 2 is 1.82 bits per heavy atom. The number of hydrogen-bond donors (Lipinski definition) is 1. The summed E-state index contributed by atoms with van der Waals surface area (Å²) in [5.41, 5.74) is 5.62. The number of aromatic nitrogens is 4. The van der Waals surface area contributed by atoms with Crippen molar-refractivity contribution in [1.29, 1.82) is 0 Å². The van der Waals surface area contributed by atoms with Crippen LogP contribution >= 0.6 is 0 Å². The minimum Gasteiger partial charge on any atom is -0.354 e. The molecule has 0 amide bonds. The van der Waals surface area contributed by atoms with Gasteiger partial charge in [0.15, 0.2) is 0 Å². The van der Waals surface area contributed by atoms with Gasteiger partial charge < -0.3 is 15.1 Å². The number of pyridine rings is 2. The van der Waals surface area contributed by atoms with Crippen LogP contribution < -0.4 is 10.2 Å². The fourth-order valence-corrected chi connectivity index (χ4v) is 4.08. The Balaban J connectivity index is 1.33. The topological polar surface area (TPSA) is 70.1 Å². The zero-order valence-corrected chi connectivity index (χ0v) is 19.0. The molecule has 7 nitrogen and oxygen atoms in total. The Morgan fingerprint density at radius 1 is 0.970 bits per heavy atom. The normalized spacial score (nSPS) is 14.4. The van der Waals surface area contributed by atoms with Crippen molar-refractivity contribution >= 4 is 33.9 Å². The fraction of sp³-hybridized carbons (Fsp3) is 0.231. The van der Waals surface area contributed by atoms with Gasteiger partial charge in [0.1, 0.15) is 5.82 Å². The second kappa shape index (κ2) is 8.96. The zero-order valence-electron chi connectivity index (χ0n) is 19.0. The molecule has 0 bridgehead atoms. The van der Waals surface area contributed by atoms with Crippen molar-refractivity contribution in [3.8, 4) is 0 Å². The van der Waals surface area contributed by atoms with E-state index < -0.39 is 0 Å². The minimum atomic E-state index is 0.558. The fourth-order valence-electron chi connectivity index (χ4n) is 4.08. The van der Waals surface area contributed by atoms with Crippen molar-refractivity contribution < 1.29 is 0 Å². The highest BCUT2D eigenvalue weighted by atomic mass is 15.3. The third-order valence-corrected chi connectivity index (χ3v) is 6.08. The Labute approximate surface area is 193 Å². The first-order valence-corrected chi connectivity index (χ1v) is 11.1. The first kappa shape index (κ1) is 21.0. The van der Waals surface area contributed by atoms with Gasteiger partial charge in [0.2, 0.25) is 5.95 Å². The van der Waals surface area contributed by atoms with E-state index in [1.54, 1.807) is 6.20 Å². The van der Waals surface area contributed by atoms with Crippen LogP contribution in [0.4, 0.5) is 17.5 Å². The maximum atomic E-state index is 4.69. The molecule has 0 radical (unpaired) electrons. The van der Waals surface area contributed by atoms with E-state index in [9.17, 15) is 0 Å². The molecule has 0 aliphatic carbocycles. The molecule has 1 aliphatic rings. The van der Waals surface area contributed by atoms with Crippen molar-refractivity contribution in [2.24, 2.45) is 0 Å². The summed E-state index contributed by atoms with van der Waals surface area (Å²) in [6.07, 6.45) is 5.47. The Hall–Kier alpha value is -3.84. The number of nitrogens with zero attached hydrogens (tertiary/aromatic N) is 6. The van der Waals surface area contributed by atoms with Crippen molar-refractivity contribution in [2.75, 3.05) is 43.4 Å². The Bertz CT molecular complexity index is 1310. The Morgan fingerprint density at radius 3 is 2.64 bits per heavy atom. The standard InChI is InChI=1S/C26H27N7/c1-18(20-6-7-24-21(15-20)5-4-9-27-24)23-17-29-26(30-19(23)2)31-22-8-10-28-25(16-22)33-13-11-32(3)12-14-33/h4-10,15-17H,1,11-14H2,2-3H3,(H,28,29,30,31). The van der Waals surface area contributed by atoms with E-state index in [1.165, 1.54) is 0 Å². The molecule has 4 aromatic rings. The monoisotopic (exact) mass is 437 g/mol. The molecule has 0 spiro atoms. The van der Waals surface area contributed by atoms with Crippen LogP contribution in [-0.2, 0) is 0 Å². The Kier molecular flexibility index (Phi) is 5.71. The van der Waals surface area contributed by atoms with Gasteiger partial charge in [-0.25, -0.2) is 15.0 Å². The molecule has 1 saturated heterocycles. The summed E-state index contributed by atoms with van der Waals surface area (Å²) in [5, 5.41) is 4.41. The number of nitrogens with one attached hydrogen (secondary N) is 1. The molecule has 1 aromatic carbocycles. The number of piperazine rings is 1. The lowest BCUT2D eigenvalue weighted by Crippen LogP contribution is -2.44. The highest BCUT2D eigenvalue weighted by Crippen LogP contribution is 2.27. The molecule has 0 unspecified atom stereocenters. The maximum Gasteiger partial charge on any atom is 0.227 e. The molecule has 4 heterocycles. The van der Waals surface area contributed by atoms with Crippen LogP contribution in [-0.4, -0.2) is 58.1 Å². The molecule has 33 heavy (non-hydrogen) atoms. The van der Waals surface area contributed by atoms with Gasteiger partial charge >= 0.3 is 0 Å².